The van der Waals surface area contributed by atoms with Crippen LogP contribution in [0.25, 0.3) is 10.9 Å². The number of pyridine rings is 1. The molecule has 0 radical (unpaired) electrons. The fourth-order valence-electron chi connectivity index (χ4n) is 1.34. The van der Waals surface area contributed by atoms with Crippen LogP contribution in [0.4, 0.5) is 0 Å². The summed E-state index contributed by atoms with van der Waals surface area (Å²) < 4.78 is 0. The minimum atomic E-state index is -0.588. The van der Waals surface area contributed by atoms with Crippen LogP contribution in [0.2, 0.25) is 0 Å². The van der Waals surface area contributed by atoms with Crippen molar-refractivity contribution in [1.82, 2.24) is 4.98 Å². The molecule has 2 aromatic rings. The third kappa shape index (κ3) is 2.34. The van der Waals surface area contributed by atoms with Gasteiger partial charge in [-0.25, -0.2) is 0 Å². The average Bonchev–Trinajstić information content (AvgIpc) is 2.26. The van der Waals surface area contributed by atoms with Crippen LogP contribution in [0, 0.1) is 11.8 Å². The molecule has 1 aromatic carbocycles. The fourth-order valence-corrected chi connectivity index (χ4v) is 1.34. The van der Waals surface area contributed by atoms with Crippen molar-refractivity contribution in [1.29, 1.82) is 0 Å². The van der Waals surface area contributed by atoms with Gasteiger partial charge in [-0.05, 0) is 31.2 Å². The van der Waals surface area contributed by atoms with Crippen molar-refractivity contribution in [2.24, 2.45) is 0 Å². The Morgan fingerprint density at radius 3 is 3.00 bits per heavy atom. The number of fused-ring (bicyclic) bond motifs is 1. The molecule has 74 valence electrons. The van der Waals surface area contributed by atoms with Gasteiger partial charge in [0.2, 0.25) is 0 Å². The number of hydrogen-bond donors (Lipinski definition) is 1. The van der Waals surface area contributed by atoms with Crippen molar-refractivity contribution in [3.63, 3.8) is 0 Å². The first-order chi connectivity index (χ1) is 7.25. The van der Waals surface area contributed by atoms with Gasteiger partial charge in [0.05, 0.1) is 5.52 Å². The number of nitrogens with zero attached hydrogens (tertiary/aromatic N) is 1. The van der Waals surface area contributed by atoms with Gasteiger partial charge in [-0.15, -0.1) is 0 Å². The molecular weight excluding hydrogens is 186 g/mol. The summed E-state index contributed by atoms with van der Waals surface area (Å²) >= 11 is 0. The number of aromatic nitrogens is 1. The summed E-state index contributed by atoms with van der Waals surface area (Å²) in [6.07, 6.45) is 1.18. The van der Waals surface area contributed by atoms with Crippen LogP contribution in [0.3, 0.4) is 0 Å². The molecule has 0 aliphatic heterocycles. The molecule has 0 aliphatic rings. The zero-order valence-corrected chi connectivity index (χ0v) is 8.44. The van der Waals surface area contributed by atoms with Gasteiger partial charge in [-0.1, -0.05) is 17.9 Å². The summed E-state index contributed by atoms with van der Waals surface area (Å²) in [7, 11) is 0. The Balaban J connectivity index is 2.44. The van der Waals surface area contributed by atoms with E-state index in [4.69, 9.17) is 5.11 Å². The van der Waals surface area contributed by atoms with Gasteiger partial charge in [0.25, 0.3) is 0 Å². The molecular formula is C13H11NO. The third-order valence-corrected chi connectivity index (χ3v) is 2.03. The average molecular weight is 197 g/mol. The van der Waals surface area contributed by atoms with Crippen LogP contribution < -0.4 is 0 Å². The highest BCUT2D eigenvalue weighted by atomic mass is 16.3. The van der Waals surface area contributed by atoms with Crippen LogP contribution in [0.1, 0.15) is 12.5 Å². The first-order valence-electron chi connectivity index (χ1n) is 4.80. The minimum absolute atomic E-state index is 0.588. The lowest BCUT2D eigenvalue weighted by Crippen LogP contribution is -1.92. The number of rotatable bonds is 0. The number of hydrogen-bond acceptors (Lipinski definition) is 2. The fraction of sp³-hybridized carbons (Fsp3) is 0.154. The van der Waals surface area contributed by atoms with Gasteiger partial charge in [-0.3, -0.25) is 4.98 Å². The SMILES string of the molecule is CC(O)C#Cc1ccc2ncccc2c1. The summed E-state index contributed by atoms with van der Waals surface area (Å²) in [4.78, 5) is 4.22. The number of aliphatic hydroxyl groups excluding tert-OH is 1. The molecule has 1 atom stereocenters. The molecule has 2 nitrogen and oxygen atoms in total. The number of benzene rings is 1. The van der Waals surface area contributed by atoms with Crippen LogP contribution in [0.5, 0.6) is 0 Å². The second-order valence-electron chi connectivity index (χ2n) is 3.36. The van der Waals surface area contributed by atoms with Gasteiger partial charge >= 0.3 is 0 Å². The molecule has 0 bridgehead atoms. The summed E-state index contributed by atoms with van der Waals surface area (Å²) in [6.45, 7) is 1.65. The topological polar surface area (TPSA) is 33.1 Å². The molecule has 0 saturated carbocycles. The van der Waals surface area contributed by atoms with E-state index in [1.165, 1.54) is 0 Å². The molecule has 0 aliphatic carbocycles. The van der Waals surface area contributed by atoms with E-state index >= 15 is 0 Å². The van der Waals surface area contributed by atoms with Crippen molar-refractivity contribution in [2.75, 3.05) is 0 Å². The normalized spacial score (nSPS) is 11.9. The second kappa shape index (κ2) is 4.12. The summed E-state index contributed by atoms with van der Waals surface area (Å²) in [5, 5.41) is 10.1. The molecule has 0 spiro atoms. The Morgan fingerprint density at radius 1 is 1.33 bits per heavy atom. The van der Waals surface area contributed by atoms with E-state index in [9.17, 15) is 0 Å². The summed E-state index contributed by atoms with van der Waals surface area (Å²) in [5.74, 6) is 5.62. The van der Waals surface area contributed by atoms with E-state index in [1.807, 2.05) is 30.3 Å². The van der Waals surface area contributed by atoms with Gasteiger partial charge in [0.15, 0.2) is 0 Å². The van der Waals surface area contributed by atoms with Crippen LogP contribution in [-0.4, -0.2) is 16.2 Å². The highest BCUT2D eigenvalue weighted by Gasteiger charge is 1.94. The molecule has 1 aromatic heterocycles. The van der Waals surface area contributed by atoms with Crippen molar-refractivity contribution in [3.05, 3.63) is 42.1 Å². The molecule has 2 heteroatoms. The quantitative estimate of drug-likeness (QED) is 0.655. The lowest BCUT2D eigenvalue weighted by Gasteiger charge is -1.96. The van der Waals surface area contributed by atoms with Gasteiger partial charge in [-0.2, -0.15) is 0 Å². The molecule has 0 fully saturated rings. The largest absolute Gasteiger partial charge is 0.381 e. The second-order valence-corrected chi connectivity index (χ2v) is 3.36. The maximum absolute atomic E-state index is 9.04. The van der Waals surface area contributed by atoms with Gasteiger partial charge < -0.3 is 5.11 Å². The number of aliphatic hydroxyl groups is 1. The Morgan fingerprint density at radius 2 is 2.20 bits per heavy atom. The third-order valence-electron chi connectivity index (χ3n) is 2.03. The highest BCUT2D eigenvalue weighted by Crippen LogP contribution is 2.12. The lowest BCUT2D eigenvalue weighted by molar-refractivity contribution is 0.253. The van der Waals surface area contributed by atoms with E-state index in [2.05, 4.69) is 16.8 Å². The van der Waals surface area contributed by atoms with Crippen LogP contribution in [0.15, 0.2) is 36.5 Å². The Hall–Kier alpha value is -1.85. The zero-order chi connectivity index (χ0) is 10.7. The van der Waals surface area contributed by atoms with Crippen molar-refractivity contribution in [2.45, 2.75) is 13.0 Å². The van der Waals surface area contributed by atoms with Gasteiger partial charge in [0, 0.05) is 17.1 Å². The smallest absolute Gasteiger partial charge is 0.112 e. The standard InChI is InChI=1S/C13H11NO/c1-10(15)4-5-11-6-7-13-12(9-11)3-2-8-14-13/h2-3,6-10,15H,1H3. The molecule has 0 amide bonds. The first kappa shape index (κ1) is 9.70. The van der Waals surface area contributed by atoms with Crippen LogP contribution in [-0.2, 0) is 0 Å². The van der Waals surface area contributed by atoms with Crippen molar-refractivity contribution in [3.8, 4) is 11.8 Å². The minimum Gasteiger partial charge on any atom is -0.381 e. The molecule has 1 N–H and O–H groups in total. The summed E-state index contributed by atoms with van der Waals surface area (Å²) in [6, 6.07) is 9.70. The predicted molar refractivity (Wildman–Crippen MR) is 60.3 cm³/mol. The Bertz CT molecular complexity index is 535. The Labute approximate surface area is 88.6 Å². The van der Waals surface area contributed by atoms with Crippen molar-refractivity contribution < 1.29 is 5.11 Å². The van der Waals surface area contributed by atoms with E-state index in [0.29, 0.717) is 0 Å². The van der Waals surface area contributed by atoms with Crippen LogP contribution >= 0.6 is 0 Å². The lowest BCUT2D eigenvalue weighted by atomic mass is 10.1. The Kier molecular flexibility index (Phi) is 2.66. The van der Waals surface area contributed by atoms with E-state index in [-0.39, 0.29) is 0 Å². The molecule has 15 heavy (non-hydrogen) atoms. The molecule has 0 saturated heterocycles. The molecule has 1 heterocycles. The van der Waals surface area contributed by atoms with E-state index in [1.54, 1.807) is 13.1 Å². The van der Waals surface area contributed by atoms with E-state index < -0.39 is 6.10 Å². The molecule has 2 rings (SSSR count). The maximum atomic E-state index is 9.04. The monoisotopic (exact) mass is 197 g/mol. The first-order valence-corrected chi connectivity index (χ1v) is 4.80. The highest BCUT2D eigenvalue weighted by molar-refractivity contribution is 5.79. The maximum Gasteiger partial charge on any atom is 0.112 e. The molecule has 1 unspecified atom stereocenters. The predicted octanol–water partition coefficient (Wildman–Crippen LogP) is 1.97. The zero-order valence-electron chi connectivity index (χ0n) is 8.44. The summed E-state index contributed by atoms with van der Waals surface area (Å²) in [5.41, 5.74) is 1.86. The van der Waals surface area contributed by atoms with Crippen molar-refractivity contribution >= 4 is 10.9 Å². The van der Waals surface area contributed by atoms with Gasteiger partial charge in [0.1, 0.15) is 6.10 Å². The van der Waals surface area contributed by atoms with E-state index in [0.717, 1.165) is 16.5 Å².